The van der Waals surface area contributed by atoms with Gasteiger partial charge in [-0.15, -0.1) is 0 Å². The SMILES string of the molecule is c1ccc2c(c1)nc1n2CCc2cc(-c3cc(-n4c5ccccc5c5ccccc54)cc(-n4c5ccccc5c5ccccc54)c3)ccc2-1. The molecule has 10 aromatic rings. The first-order valence-electron chi connectivity index (χ1n) is 17.0. The predicted octanol–water partition coefficient (Wildman–Crippen LogP) is 11.1. The van der Waals surface area contributed by atoms with Crippen LogP contribution in [0.25, 0.3) is 88.5 Å². The highest BCUT2D eigenvalue weighted by molar-refractivity contribution is 6.10. The number of hydrogen-bond acceptors (Lipinski definition) is 1. The Labute approximate surface area is 282 Å². The lowest BCUT2D eigenvalue weighted by Crippen LogP contribution is -2.11. The van der Waals surface area contributed by atoms with E-state index < -0.39 is 0 Å². The summed E-state index contributed by atoms with van der Waals surface area (Å²) in [5, 5.41) is 5.05. The van der Waals surface area contributed by atoms with Crippen LogP contribution in [0.2, 0.25) is 0 Å². The van der Waals surface area contributed by atoms with E-state index >= 15 is 0 Å². The average molecular weight is 627 g/mol. The van der Waals surface area contributed by atoms with E-state index in [1.807, 2.05) is 0 Å². The minimum absolute atomic E-state index is 0.931. The fraction of sp³-hybridized carbons (Fsp3) is 0.0444. The molecule has 49 heavy (non-hydrogen) atoms. The van der Waals surface area contributed by atoms with Crippen molar-refractivity contribution in [2.45, 2.75) is 13.0 Å². The van der Waals surface area contributed by atoms with Crippen LogP contribution in [0.1, 0.15) is 5.56 Å². The van der Waals surface area contributed by atoms with E-state index in [1.165, 1.54) is 71.4 Å². The maximum absolute atomic E-state index is 5.06. The number of aryl methyl sites for hydroxylation is 2. The van der Waals surface area contributed by atoms with Crippen LogP contribution in [0.15, 0.2) is 158 Å². The van der Waals surface area contributed by atoms with Crippen molar-refractivity contribution < 1.29 is 0 Å². The Kier molecular flexibility index (Phi) is 5.47. The number of hydrogen-bond donors (Lipinski definition) is 0. The third-order valence-corrected chi connectivity index (χ3v) is 10.5. The Balaban J connectivity index is 1.19. The molecule has 0 bridgehead atoms. The molecule has 1 aliphatic heterocycles. The molecule has 3 aromatic heterocycles. The van der Waals surface area contributed by atoms with E-state index in [0.29, 0.717) is 0 Å². The van der Waals surface area contributed by atoms with Crippen molar-refractivity contribution in [2.75, 3.05) is 0 Å². The van der Waals surface area contributed by atoms with Gasteiger partial charge in [0.1, 0.15) is 5.82 Å². The van der Waals surface area contributed by atoms with Gasteiger partial charge in [0, 0.05) is 45.0 Å². The van der Waals surface area contributed by atoms with E-state index in [1.54, 1.807) is 0 Å². The number of nitrogens with zero attached hydrogens (tertiary/aromatic N) is 4. The number of aromatic nitrogens is 4. The van der Waals surface area contributed by atoms with Crippen LogP contribution in [0.5, 0.6) is 0 Å². The lowest BCUT2D eigenvalue weighted by molar-refractivity contribution is 0.703. The molecule has 230 valence electrons. The van der Waals surface area contributed by atoms with Crippen molar-refractivity contribution in [3.63, 3.8) is 0 Å². The molecule has 0 spiro atoms. The van der Waals surface area contributed by atoms with Crippen molar-refractivity contribution in [1.82, 2.24) is 18.7 Å². The molecule has 0 radical (unpaired) electrons. The molecule has 4 heterocycles. The van der Waals surface area contributed by atoms with E-state index in [0.717, 1.165) is 35.7 Å². The second kappa shape index (κ2) is 10.1. The Bertz CT molecular complexity index is 2710. The number of benzene rings is 7. The largest absolute Gasteiger partial charge is 0.324 e. The van der Waals surface area contributed by atoms with Gasteiger partial charge in [-0.25, -0.2) is 4.98 Å². The van der Waals surface area contributed by atoms with Crippen LogP contribution in [0.3, 0.4) is 0 Å². The topological polar surface area (TPSA) is 27.7 Å². The van der Waals surface area contributed by atoms with Crippen LogP contribution in [0.4, 0.5) is 0 Å². The van der Waals surface area contributed by atoms with Crippen molar-refractivity contribution in [3.05, 3.63) is 163 Å². The molecular formula is C45H30N4. The molecule has 0 amide bonds. The summed E-state index contributed by atoms with van der Waals surface area (Å²) in [7, 11) is 0. The van der Waals surface area contributed by atoms with Gasteiger partial charge in [0.05, 0.1) is 33.1 Å². The summed E-state index contributed by atoms with van der Waals surface area (Å²) >= 11 is 0. The van der Waals surface area contributed by atoms with Crippen LogP contribution >= 0.6 is 0 Å². The summed E-state index contributed by atoms with van der Waals surface area (Å²) in [6, 6.07) is 57.6. The standard InChI is InChI=1S/C45H30N4/c1-6-16-40-35(11-1)36-12-2-7-17-41(36)48(40)32-26-31(27-33(28-32)49-42-18-8-3-13-37(42)38-14-4-9-19-43(38)49)29-21-22-34-30(25-29)23-24-47-44-20-10-5-15-39(44)46-45(34)47/h1-22,25-28H,23-24H2. The fourth-order valence-corrected chi connectivity index (χ4v) is 8.36. The van der Waals surface area contributed by atoms with Crippen molar-refractivity contribution >= 4 is 54.6 Å². The molecule has 0 saturated carbocycles. The second-order valence-corrected chi connectivity index (χ2v) is 13.2. The highest BCUT2D eigenvalue weighted by Crippen LogP contribution is 2.39. The van der Waals surface area contributed by atoms with Crippen LogP contribution in [0, 0.1) is 0 Å². The first kappa shape index (κ1) is 26.7. The zero-order valence-corrected chi connectivity index (χ0v) is 26.7. The van der Waals surface area contributed by atoms with Crippen molar-refractivity contribution in [1.29, 1.82) is 0 Å². The molecule has 4 nitrogen and oxygen atoms in total. The summed E-state index contributed by atoms with van der Waals surface area (Å²) in [6.45, 7) is 0.931. The highest BCUT2D eigenvalue weighted by Gasteiger charge is 2.22. The second-order valence-electron chi connectivity index (χ2n) is 13.2. The monoisotopic (exact) mass is 626 g/mol. The molecule has 0 N–H and O–H groups in total. The lowest BCUT2D eigenvalue weighted by Gasteiger charge is -2.20. The average Bonchev–Trinajstić information content (AvgIpc) is 3.82. The molecular weight excluding hydrogens is 597 g/mol. The zero-order valence-electron chi connectivity index (χ0n) is 26.7. The van der Waals surface area contributed by atoms with Gasteiger partial charge in [-0.3, -0.25) is 0 Å². The van der Waals surface area contributed by atoms with E-state index in [-0.39, 0.29) is 0 Å². The van der Waals surface area contributed by atoms with Crippen molar-refractivity contribution in [3.8, 4) is 33.9 Å². The smallest absolute Gasteiger partial charge is 0.141 e. The Morgan fingerprint density at radius 2 is 0.918 bits per heavy atom. The first-order valence-corrected chi connectivity index (χ1v) is 17.0. The van der Waals surface area contributed by atoms with Gasteiger partial charge in [0.15, 0.2) is 0 Å². The third-order valence-electron chi connectivity index (χ3n) is 10.5. The highest BCUT2D eigenvalue weighted by atomic mass is 15.1. The summed E-state index contributed by atoms with van der Waals surface area (Å²) in [5.74, 6) is 1.07. The van der Waals surface area contributed by atoms with E-state index in [4.69, 9.17) is 4.98 Å². The Morgan fingerprint density at radius 3 is 1.47 bits per heavy atom. The van der Waals surface area contributed by atoms with E-state index in [9.17, 15) is 0 Å². The molecule has 0 saturated heterocycles. The summed E-state index contributed by atoms with van der Waals surface area (Å²) < 4.78 is 7.25. The van der Waals surface area contributed by atoms with Gasteiger partial charge in [0.2, 0.25) is 0 Å². The molecule has 1 aliphatic rings. The summed E-state index contributed by atoms with van der Waals surface area (Å²) in [6.07, 6.45) is 0.975. The Hall–Kier alpha value is -6.39. The number of para-hydroxylation sites is 6. The van der Waals surface area contributed by atoms with Crippen LogP contribution in [-0.2, 0) is 13.0 Å². The number of rotatable bonds is 3. The molecule has 4 heteroatoms. The van der Waals surface area contributed by atoms with Crippen LogP contribution in [-0.4, -0.2) is 18.7 Å². The first-order chi connectivity index (χ1) is 24.3. The van der Waals surface area contributed by atoms with Gasteiger partial charge in [0.25, 0.3) is 0 Å². The predicted molar refractivity (Wildman–Crippen MR) is 203 cm³/mol. The zero-order chi connectivity index (χ0) is 32.1. The third kappa shape index (κ3) is 3.83. The van der Waals surface area contributed by atoms with Gasteiger partial charge in [-0.2, -0.15) is 0 Å². The van der Waals surface area contributed by atoms with Gasteiger partial charge in [-0.05, 0) is 77.7 Å². The molecule has 7 aromatic carbocycles. The van der Waals surface area contributed by atoms with Crippen molar-refractivity contribution in [2.24, 2.45) is 0 Å². The summed E-state index contributed by atoms with van der Waals surface area (Å²) in [5.41, 5.74) is 14.4. The van der Waals surface area contributed by atoms with E-state index in [2.05, 4.69) is 171 Å². The molecule has 0 aliphatic carbocycles. The van der Waals surface area contributed by atoms with Gasteiger partial charge < -0.3 is 13.7 Å². The van der Waals surface area contributed by atoms with Crippen LogP contribution < -0.4 is 0 Å². The number of fused-ring (bicyclic) bond motifs is 11. The quantitative estimate of drug-likeness (QED) is 0.192. The fourth-order valence-electron chi connectivity index (χ4n) is 8.36. The Morgan fingerprint density at radius 1 is 0.429 bits per heavy atom. The maximum Gasteiger partial charge on any atom is 0.141 e. The normalized spacial score (nSPS) is 12.7. The minimum Gasteiger partial charge on any atom is -0.324 e. The summed E-state index contributed by atoms with van der Waals surface area (Å²) in [4.78, 5) is 5.06. The molecule has 11 rings (SSSR count). The van der Waals surface area contributed by atoms with Gasteiger partial charge in [-0.1, -0.05) is 103 Å². The maximum atomic E-state index is 5.06. The molecule has 0 atom stereocenters. The lowest BCUT2D eigenvalue weighted by atomic mass is 9.94. The minimum atomic E-state index is 0.931. The number of imidazole rings is 1. The van der Waals surface area contributed by atoms with Gasteiger partial charge >= 0.3 is 0 Å². The molecule has 0 unspecified atom stereocenters. The molecule has 0 fully saturated rings.